The van der Waals surface area contributed by atoms with E-state index in [9.17, 15) is 0 Å². The summed E-state index contributed by atoms with van der Waals surface area (Å²) >= 11 is 0. The first-order chi connectivity index (χ1) is 6.68. The number of hydrogen-bond donors (Lipinski definition) is 2. The van der Waals surface area contributed by atoms with E-state index in [1.807, 2.05) is 0 Å². The Kier molecular flexibility index (Phi) is 4.94. The van der Waals surface area contributed by atoms with Gasteiger partial charge < -0.3 is 10.6 Å². The van der Waals surface area contributed by atoms with E-state index in [-0.39, 0.29) is 0 Å². The van der Waals surface area contributed by atoms with E-state index in [0.717, 1.165) is 25.3 Å². The van der Waals surface area contributed by atoms with Crippen LogP contribution in [0.15, 0.2) is 0 Å². The van der Waals surface area contributed by atoms with Crippen LogP contribution in [-0.4, -0.2) is 30.9 Å². The summed E-state index contributed by atoms with van der Waals surface area (Å²) in [6.07, 6.45) is 7.44. The highest BCUT2D eigenvalue weighted by molar-refractivity contribution is 5.76. The van der Waals surface area contributed by atoms with Gasteiger partial charge in [-0.25, -0.2) is 0 Å². The summed E-state index contributed by atoms with van der Waals surface area (Å²) in [5.41, 5.74) is 5.31. The molecule has 0 saturated heterocycles. The van der Waals surface area contributed by atoms with Gasteiger partial charge in [-0.1, -0.05) is 12.8 Å². The Bertz CT molecular complexity index is 173. The van der Waals surface area contributed by atoms with Crippen molar-refractivity contribution < 1.29 is 0 Å². The zero-order valence-electron chi connectivity index (χ0n) is 9.26. The lowest BCUT2D eigenvalue weighted by Crippen LogP contribution is -2.26. The van der Waals surface area contributed by atoms with Crippen LogP contribution < -0.4 is 5.73 Å². The number of nitrogens with zero attached hydrogens (tertiary/aromatic N) is 1. The van der Waals surface area contributed by atoms with Gasteiger partial charge in [-0.05, 0) is 38.8 Å². The standard InChI is InChI=1S/C11H23N3/c1-14(8-4-7-11(12)13)9-10-5-2-3-6-10/h10H,2-9H2,1H3,(H3,12,13). The second kappa shape index (κ2) is 6.02. The second-order valence-corrected chi connectivity index (χ2v) is 4.54. The molecule has 3 heteroatoms. The number of rotatable bonds is 6. The van der Waals surface area contributed by atoms with Crippen LogP contribution in [0, 0.1) is 11.3 Å². The van der Waals surface area contributed by atoms with Gasteiger partial charge in [0.15, 0.2) is 0 Å². The normalized spacial score (nSPS) is 17.9. The van der Waals surface area contributed by atoms with Gasteiger partial charge in [0.1, 0.15) is 0 Å². The van der Waals surface area contributed by atoms with E-state index < -0.39 is 0 Å². The first-order valence-electron chi connectivity index (χ1n) is 5.70. The first-order valence-corrected chi connectivity index (χ1v) is 5.70. The van der Waals surface area contributed by atoms with Gasteiger partial charge in [0.2, 0.25) is 0 Å². The van der Waals surface area contributed by atoms with E-state index in [1.165, 1.54) is 32.2 Å². The molecule has 14 heavy (non-hydrogen) atoms. The minimum absolute atomic E-state index is 0.319. The van der Waals surface area contributed by atoms with Crippen LogP contribution in [0.2, 0.25) is 0 Å². The van der Waals surface area contributed by atoms with E-state index >= 15 is 0 Å². The van der Waals surface area contributed by atoms with Gasteiger partial charge in [0.25, 0.3) is 0 Å². The minimum atomic E-state index is 0.319. The zero-order valence-corrected chi connectivity index (χ0v) is 9.26. The van der Waals surface area contributed by atoms with Crippen molar-refractivity contribution in [3.05, 3.63) is 0 Å². The molecular weight excluding hydrogens is 174 g/mol. The first kappa shape index (κ1) is 11.5. The Morgan fingerprint density at radius 2 is 2.07 bits per heavy atom. The number of nitrogens with one attached hydrogen (secondary N) is 1. The smallest absolute Gasteiger partial charge is 0.0905 e. The molecule has 0 aromatic carbocycles. The van der Waals surface area contributed by atoms with Crippen LogP contribution in [0.25, 0.3) is 0 Å². The summed E-state index contributed by atoms with van der Waals surface area (Å²) in [5.74, 6) is 1.25. The lowest BCUT2D eigenvalue weighted by Gasteiger charge is -2.20. The molecule has 0 amide bonds. The van der Waals surface area contributed by atoms with Crippen LogP contribution in [0.4, 0.5) is 0 Å². The molecule has 3 N–H and O–H groups in total. The lowest BCUT2D eigenvalue weighted by atomic mass is 10.1. The summed E-state index contributed by atoms with van der Waals surface area (Å²) in [6.45, 7) is 2.31. The molecule has 0 unspecified atom stereocenters. The van der Waals surface area contributed by atoms with Crippen molar-refractivity contribution in [2.24, 2.45) is 11.7 Å². The van der Waals surface area contributed by atoms with Gasteiger partial charge in [0, 0.05) is 13.0 Å². The average Bonchev–Trinajstić information content (AvgIpc) is 2.56. The highest BCUT2D eigenvalue weighted by Gasteiger charge is 2.16. The van der Waals surface area contributed by atoms with Crippen LogP contribution in [0.5, 0.6) is 0 Å². The SMILES string of the molecule is CN(CCCC(=N)N)CC1CCCC1. The van der Waals surface area contributed by atoms with Gasteiger partial charge >= 0.3 is 0 Å². The van der Waals surface area contributed by atoms with Crippen LogP contribution in [-0.2, 0) is 0 Å². The van der Waals surface area contributed by atoms with Gasteiger partial charge in [0.05, 0.1) is 5.84 Å². The molecule has 0 spiro atoms. The molecule has 1 aliphatic carbocycles. The second-order valence-electron chi connectivity index (χ2n) is 4.54. The van der Waals surface area contributed by atoms with Crippen molar-refractivity contribution in [3.8, 4) is 0 Å². The number of hydrogen-bond acceptors (Lipinski definition) is 2. The van der Waals surface area contributed by atoms with Gasteiger partial charge in [-0.2, -0.15) is 0 Å². The quantitative estimate of drug-likeness (QED) is 0.504. The van der Waals surface area contributed by atoms with Crippen molar-refractivity contribution in [2.45, 2.75) is 38.5 Å². The predicted molar refractivity (Wildman–Crippen MR) is 60.6 cm³/mol. The van der Waals surface area contributed by atoms with Crippen molar-refractivity contribution in [1.29, 1.82) is 5.41 Å². The zero-order chi connectivity index (χ0) is 10.4. The molecule has 1 saturated carbocycles. The molecule has 0 bridgehead atoms. The molecule has 1 rings (SSSR count). The van der Waals surface area contributed by atoms with E-state index in [0.29, 0.717) is 5.84 Å². The highest BCUT2D eigenvalue weighted by Crippen LogP contribution is 2.25. The maximum atomic E-state index is 7.12. The molecular formula is C11H23N3. The highest BCUT2D eigenvalue weighted by atomic mass is 15.1. The Balaban J connectivity index is 2.03. The fourth-order valence-corrected chi connectivity index (χ4v) is 2.26. The van der Waals surface area contributed by atoms with Crippen molar-refractivity contribution in [3.63, 3.8) is 0 Å². The molecule has 1 fully saturated rings. The summed E-state index contributed by atoms with van der Waals surface area (Å²) in [5, 5.41) is 7.12. The number of nitrogens with two attached hydrogens (primary N) is 1. The molecule has 3 nitrogen and oxygen atoms in total. The Hall–Kier alpha value is -0.570. The monoisotopic (exact) mass is 197 g/mol. The lowest BCUT2D eigenvalue weighted by molar-refractivity contribution is 0.276. The molecule has 0 atom stereocenters. The van der Waals surface area contributed by atoms with E-state index in [2.05, 4.69) is 11.9 Å². The predicted octanol–water partition coefficient (Wildman–Crippen LogP) is 1.82. The third-order valence-corrected chi connectivity index (χ3v) is 3.03. The summed E-state index contributed by atoms with van der Waals surface area (Å²) < 4.78 is 0. The fourth-order valence-electron chi connectivity index (χ4n) is 2.26. The van der Waals surface area contributed by atoms with Gasteiger partial charge in [-0.3, -0.25) is 5.41 Å². The largest absolute Gasteiger partial charge is 0.388 e. The Labute approximate surface area is 87.2 Å². The fraction of sp³-hybridized carbons (Fsp3) is 0.909. The van der Waals surface area contributed by atoms with Crippen molar-refractivity contribution in [1.82, 2.24) is 4.90 Å². The van der Waals surface area contributed by atoms with E-state index in [1.54, 1.807) is 0 Å². The summed E-state index contributed by atoms with van der Waals surface area (Å²) in [7, 11) is 2.18. The van der Waals surface area contributed by atoms with E-state index in [4.69, 9.17) is 11.1 Å². The molecule has 82 valence electrons. The molecule has 0 aromatic heterocycles. The summed E-state index contributed by atoms with van der Waals surface area (Å²) in [4.78, 5) is 2.39. The van der Waals surface area contributed by atoms with Gasteiger partial charge in [-0.15, -0.1) is 0 Å². The maximum absolute atomic E-state index is 7.12. The maximum Gasteiger partial charge on any atom is 0.0905 e. The third kappa shape index (κ3) is 4.61. The van der Waals surface area contributed by atoms with Crippen LogP contribution >= 0.6 is 0 Å². The molecule has 0 aliphatic heterocycles. The summed E-state index contributed by atoms with van der Waals surface area (Å²) in [6, 6.07) is 0. The topological polar surface area (TPSA) is 53.1 Å². The molecule has 0 aromatic rings. The third-order valence-electron chi connectivity index (χ3n) is 3.03. The van der Waals surface area contributed by atoms with Crippen LogP contribution in [0.1, 0.15) is 38.5 Å². The minimum Gasteiger partial charge on any atom is -0.388 e. The number of amidine groups is 1. The molecule has 1 aliphatic rings. The van der Waals surface area contributed by atoms with Crippen molar-refractivity contribution in [2.75, 3.05) is 20.1 Å². The Morgan fingerprint density at radius 1 is 1.43 bits per heavy atom. The molecule has 0 heterocycles. The average molecular weight is 197 g/mol. The Morgan fingerprint density at radius 3 is 2.64 bits per heavy atom. The molecule has 0 radical (unpaired) electrons. The van der Waals surface area contributed by atoms with Crippen LogP contribution in [0.3, 0.4) is 0 Å². The van der Waals surface area contributed by atoms with Crippen molar-refractivity contribution >= 4 is 5.84 Å².